The van der Waals surface area contributed by atoms with Gasteiger partial charge >= 0.3 is 0 Å². The number of hydrogen-bond donors (Lipinski definition) is 1. The minimum absolute atomic E-state index is 0.175. The van der Waals surface area contributed by atoms with Crippen LogP contribution in [0.4, 0.5) is 5.69 Å². The first-order valence-corrected chi connectivity index (χ1v) is 9.56. The van der Waals surface area contributed by atoms with Crippen LogP contribution in [-0.2, 0) is 6.42 Å². The first kappa shape index (κ1) is 19.6. The lowest BCUT2D eigenvalue weighted by atomic mass is 9.98. The Labute approximate surface area is 166 Å². The average molecular weight is 374 g/mol. The summed E-state index contributed by atoms with van der Waals surface area (Å²) in [5.41, 5.74) is 5.45. The molecule has 4 nitrogen and oxygen atoms in total. The highest BCUT2D eigenvalue weighted by atomic mass is 16.5. The van der Waals surface area contributed by atoms with Crippen molar-refractivity contribution >= 4 is 11.6 Å². The number of rotatable bonds is 6. The Hall–Kier alpha value is -3.14. The van der Waals surface area contributed by atoms with Gasteiger partial charge in [0.15, 0.2) is 0 Å². The summed E-state index contributed by atoms with van der Waals surface area (Å²) in [6, 6.07) is 17.7. The van der Waals surface area contributed by atoms with Crippen LogP contribution in [0.2, 0.25) is 0 Å². The van der Waals surface area contributed by atoms with Gasteiger partial charge in [0.2, 0.25) is 0 Å². The van der Waals surface area contributed by atoms with Crippen LogP contribution in [0.25, 0.3) is 11.3 Å². The number of carbonyl (C=O) groups is 1. The molecule has 28 heavy (non-hydrogen) atoms. The molecule has 0 radical (unpaired) electrons. The standard InChI is InChI=1S/C24H26N2O2/c1-5-17-6-10-20(11-7-17)26-24(27)19-8-12-22(25-15-19)21-14-18(16(2)3)9-13-23(21)28-4/h6-16H,5H2,1-4H3,(H,26,27). The van der Waals surface area contributed by atoms with Crippen LogP contribution in [0, 0.1) is 0 Å². The Bertz CT molecular complexity index is 945. The Morgan fingerprint density at radius 3 is 2.39 bits per heavy atom. The molecule has 0 bridgehead atoms. The number of aryl methyl sites for hydroxylation is 1. The molecular formula is C24H26N2O2. The van der Waals surface area contributed by atoms with Gasteiger partial charge in [-0.05, 0) is 59.9 Å². The number of aromatic nitrogens is 1. The number of hydrogen-bond acceptors (Lipinski definition) is 3. The van der Waals surface area contributed by atoms with Crippen LogP contribution in [0.1, 0.15) is 48.2 Å². The molecule has 1 N–H and O–H groups in total. The fourth-order valence-electron chi connectivity index (χ4n) is 3.00. The van der Waals surface area contributed by atoms with Crippen molar-refractivity contribution in [2.75, 3.05) is 12.4 Å². The van der Waals surface area contributed by atoms with E-state index in [1.165, 1.54) is 11.1 Å². The van der Waals surface area contributed by atoms with Crippen LogP contribution in [-0.4, -0.2) is 18.0 Å². The molecule has 0 saturated heterocycles. The summed E-state index contributed by atoms with van der Waals surface area (Å²) in [5, 5.41) is 2.91. The van der Waals surface area contributed by atoms with Crippen LogP contribution < -0.4 is 10.1 Å². The zero-order valence-electron chi connectivity index (χ0n) is 16.8. The van der Waals surface area contributed by atoms with Gasteiger partial charge in [-0.3, -0.25) is 9.78 Å². The molecule has 0 aliphatic carbocycles. The third kappa shape index (κ3) is 4.39. The second-order valence-corrected chi connectivity index (χ2v) is 7.05. The SMILES string of the molecule is CCc1ccc(NC(=O)c2ccc(-c3cc(C(C)C)ccc3OC)nc2)cc1. The quantitative estimate of drug-likeness (QED) is 0.602. The summed E-state index contributed by atoms with van der Waals surface area (Å²) in [6.45, 7) is 6.41. The van der Waals surface area contributed by atoms with Gasteiger partial charge in [-0.25, -0.2) is 0 Å². The van der Waals surface area contributed by atoms with Gasteiger partial charge in [0.25, 0.3) is 5.91 Å². The number of anilines is 1. The molecule has 0 fully saturated rings. The van der Waals surface area contributed by atoms with Crippen molar-refractivity contribution < 1.29 is 9.53 Å². The predicted octanol–water partition coefficient (Wildman–Crippen LogP) is 5.70. The third-order valence-corrected chi connectivity index (χ3v) is 4.81. The smallest absolute Gasteiger partial charge is 0.257 e. The van der Waals surface area contributed by atoms with Crippen LogP contribution in [0.5, 0.6) is 5.75 Å². The van der Waals surface area contributed by atoms with Crippen molar-refractivity contribution in [3.63, 3.8) is 0 Å². The highest BCUT2D eigenvalue weighted by Crippen LogP contribution is 2.32. The summed E-state index contributed by atoms with van der Waals surface area (Å²) in [6.07, 6.45) is 2.58. The number of pyridine rings is 1. The fourth-order valence-corrected chi connectivity index (χ4v) is 3.00. The lowest BCUT2D eigenvalue weighted by molar-refractivity contribution is 0.102. The Kier molecular flexibility index (Phi) is 6.09. The fraction of sp³-hybridized carbons (Fsp3) is 0.250. The van der Waals surface area contributed by atoms with E-state index in [2.05, 4.69) is 43.2 Å². The molecule has 4 heteroatoms. The van der Waals surface area contributed by atoms with E-state index in [1.807, 2.05) is 36.4 Å². The molecule has 1 heterocycles. The molecule has 3 aromatic rings. The average Bonchev–Trinajstić information content (AvgIpc) is 2.73. The molecule has 144 valence electrons. The maximum atomic E-state index is 12.5. The summed E-state index contributed by atoms with van der Waals surface area (Å²) >= 11 is 0. The van der Waals surface area contributed by atoms with Gasteiger partial charge in [-0.2, -0.15) is 0 Å². The monoisotopic (exact) mass is 374 g/mol. The largest absolute Gasteiger partial charge is 0.496 e. The molecular weight excluding hydrogens is 348 g/mol. The molecule has 2 aromatic carbocycles. The third-order valence-electron chi connectivity index (χ3n) is 4.81. The van der Waals surface area contributed by atoms with Crippen LogP contribution in [0.15, 0.2) is 60.8 Å². The van der Waals surface area contributed by atoms with Gasteiger partial charge in [0, 0.05) is 17.4 Å². The molecule has 0 aliphatic rings. The number of methoxy groups -OCH3 is 1. The number of nitrogens with zero attached hydrogens (tertiary/aromatic N) is 1. The van der Waals surface area contributed by atoms with Crippen molar-refractivity contribution in [3.05, 3.63) is 77.5 Å². The van der Waals surface area contributed by atoms with Crippen LogP contribution in [0.3, 0.4) is 0 Å². The van der Waals surface area contributed by atoms with Gasteiger partial charge < -0.3 is 10.1 Å². The zero-order valence-corrected chi connectivity index (χ0v) is 16.8. The predicted molar refractivity (Wildman–Crippen MR) is 114 cm³/mol. The molecule has 0 saturated carbocycles. The van der Waals surface area contributed by atoms with Crippen LogP contribution >= 0.6 is 0 Å². The maximum Gasteiger partial charge on any atom is 0.257 e. The van der Waals surface area contributed by atoms with Crippen molar-refractivity contribution in [1.82, 2.24) is 4.98 Å². The Morgan fingerprint density at radius 2 is 1.82 bits per heavy atom. The second-order valence-electron chi connectivity index (χ2n) is 7.05. The first-order valence-electron chi connectivity index (χ1n) is 9.56. The molecule has 0 spiro atoms. The Balaban J connectivity index is 1.81. The number of amides is 1. The number of carbonyl (C=O) groups excluding carboxylic acids is 1. The van der Waals surface area contributed by atoms with Crippen molar-refractivity contribution in [2.45, 2.75) is 33.1 Å². The van der Waals surface area contributed by atoms with Gasteiger partial charge in [0.05, 0.1) is 18.4 Å². The minimum atomic E-state index is -0.175. The van der Waals surface area contributed by atoms with E-state index in [0.29, 0.717) is 11.5 Å². The summed E-state index contributed by atoms with van der Waals surface area (Å²) in [4.78, 5) is 17.0. The topological polar surface area (TPSA) is 51.2 Å². The number of benzene rings is 2. The molecule has 0 aliphatic heterocycles. The van der Waals surface area contributed by atoms with Crippen molar-refractivity contribution in [1.29, 1.82) is 0 Å². The minimum Gasteiger partial charge on any atom is -0.496 e. The summed E-state index contributed by atoms with van der Waals surface area (Å²) in [5.74, 6) is 1.00. The summed E-state index contributed by atoms with van der Waals surface area (Å²) in [7, 11) is 1.65. The maximum absolute atomic E-state index is 12.5. The van der Waals surface area contributed by atoms with E-state index < -0.39 is 0 Å². The highest BCUT2D eigenvalue weighted by molar-refractivity contribution is 6.04. The van der Waals surface area contributed by atoms with E-state index in [9.17, 15) is 4.79 Å². The number of ether oxygens (including phenoxy) is 1. The summed E-state index contributed by atoms with van der Waals surface area (Å²) < 4.78 is 5.49. The molecule has 0 unspecified atom stereocenters. The lowest BCUT2D eigenvalue weighted by Gasteiger charge is -2.13. The molecule has 1 amide bonds. The lowest BCUT2D eigenvalue weighted by Crippen LogP contribution is -2.12. The van der Waals surface area contributed by atoms with Gasteiger partial charge in [-0.15, -0.1) is 0 Å². The zero-order chi connectivity index (χ0) is 20.1. The normalized spacial score (nSPS) is 10.8. The van der Waals surface area contributed by atoms with Gasteiger partial charge in [0.1, 0.15) is 5.75 Å². The number of nitrogens with one attached hydrogen (secondary N) is 1. The van der Waals surface area contributed by atoms with E-state index in [0.717, 1.165) is 29.1 Å². The van der Waals surface area contributed by atoms with E-state index in [1.54, 1.807) is 19.4 Å². The molecule has 1 aromatic heterocycles. The molecule has 0 atom stereocenters. The van der Waals surface area contributed by atoms with E-state index in [-0.39, 0.29) is 5.91 Å². The highest BCUT2D eigenvalue weighted by Gasteiger charge is 2.12. The first-order chi connectivity index (χ1) is 13.5. The second kappa shape index (κ2) is 8.70. The van der Waals surface area contributed by atoms with E-state index >= 15 is 0 Å². The molecule has 3 rings (SSSR count). The van der Waals surface area contributed by atoms with Crippen molar-refractivity contribution in [3.8, 4) is 17.0 Å². The Morgan fingerprint density at radius 1 is 1.07 bits per heavy atom. The van der Waals surface area contributed by atoms with E-state index in [4.69, 9.17) is 4.74 Å². The van der Waals surface area contributed by atoms with Crippen molar-refractivity contribution in [2.24, 2.45) is 0 Å². The van der Waals surface area contributed by atoms with Gasteiger partial charge in [-0.1, -0.05) is 39.0 Å².